The molecule has 2 unspecified atom stereocenters. The molecule has 4 rings (SSSR count). The van der Waals surface area contributed by atoms with Gasteiger partial charge in [-0.3, -0.25) is 20.2 Å². The molecular weight excluding hydrogens is 298 g/mol. The van der Waals surface area contributed by atoms with Gasteiger partial charge in [-0.2, -0.15) is 0 Å². The van der Waals surface area contributed by atoms with Crippen molar-refractivity contribution < 1.29 is 9.85 Å². The highest BCUT2D eigenvalue weighted by Gasteiger charge is 2.50. The van der Waals surface area contributed by atoms with Gasteiger partial charge in [0, 0.05) is 12.1 Å². The van der Waals surface area contributed by atoms with Gasteiger partial charge in [-0.1, -0.05) is 24.3 Å². The number of nitrogens with zero attached hydrogens (tertiary/aromatic N) is 3. The summed E-state index contributed by atoms with van der Waals surface area (Å²) < 4.78 is 0. The van der Waals surface area contributed by atoms with Gasteiger partial charge in [0.1, 0.15) is 0 Å². The minimum Gasteiger partial charge on any atom is -0.360 e. The molecule has 2 atom stereocenters. The first-order valence-electron chi connectivity index (χ1n) is 7.33. The molecule has 7 heteroatoms. The van der Waals surface area contributed by atoms with E-state index >= 15 is 0 Å². The zero-order chi connectivity index (χ0) is 16.1. The Hall–Kier alpha value is -2.96. The molecule has 0 radical (unpaired) electrons. The normalized spacial score (nSPS) is 21.3. The van der Waals surface area contributed by atoms with Gasteiger partial charge in [0.2, 0.25) is 0 Å². The van der Waals surface area contributed by atoms with E-state index in [4.69, 9.17) is 0 Å². The number of anilines is 1. The molecule has 0 saturated carbocycles. The van der Waals surface area contributed by atoms with E-state index in [1.807, 2.05) is 12.1 Å². The van der Waals surface area contributed by atoms with Crippen molar-refractivity contribution in [2.24, 2.45) is 0 Å². The highest BCUT2D eigenvalue weighted by molar-refractivity contribution is 5.67. The van der Waals surface area contributed by atoms with Crippen LogP contribution >= 0.6 is 0 Å². The van der Waals surface area contributed by atoms with Gasteiger partial charge in [-0.25, -0.2) is 0 Å². The van der Waals surface area contributed by atoms with Gasteiger partial charge >= 0.3 is 0 Å². The summed E-state index contributed by atoms with van der Waals surface area (Å²) >= 11 is 0. The minimum absolute atomic E-state index is 0.240. The standard InChI is InChI=1S/C16H13N3O4/c20-18(21)13-7-12(8-14(9-13)19(22)23)17-15-5-10-3-1-2-4-11(10)6-16(15)17/h1-4,7-9,15-16H,5-6H2. The molecule has 0 aromatic heterocycles. The van der Waals surface area contributed by atoms with E-state index < -0.39 is 9.85 Å². The Balaban J connectivity index is 1.68. The summed E-state index contributed by atoms with van der Waals surface area (Å²) in [6, 6.07) is 12.6. The largest absolute Gasteiger partial charge is 0.360 e. The first-order valence-corrected chi connectivity index (χ1v) is 7.33. The van der Waals surface area contributed by atoms with E-state index in [0.29, 0.717) is 5.69 Å². The molecule has 1 fully saturated rings. The van der Waals surface area contributed by atoms with Gasteiger partial charge in [-0.15, -0.1) is 0 Å². The van der Waals surface area contributed by atoms with Gasteiger partial charge in [0.15, 0.2) is 0 Å². The fraction of sp³-hybridized carbons (Fsp3) is 0.250. The lowest BCUT2D eigenvalue weighted by Crippen LogP contribution is -2.11. The number of benzene rings is 2. The van der Waals surface area contributed by atoms with Crippen LogP contribution in [0.5, 0.6) is 0 Å². The van der Waals surface area contributed by atoms with E-state index in [0.717, 1.165) is 18.9 Å². The van der Waals surface area contributed by atoms with Crippen LogP contribution in [0.15, 0.2) is 42.5 Å². The smallest absolute Gasteiger partial charge is 0.278 e. The predicted octanol–water partition coefficient (Wildman–Crippen LogP) is 2.86. The fourth-order valence-electron chi connectivity index (χ4n) is 3.53. The molecule has 2 aromatic rings. The average molecular weight is 311 g/mol. The molecule has 116 valence electrons. The quantitative estimate of drug-likeness (QED) is 0.494. The third-order valence-corrected chi connectivity index (χ3v) is 4.65. The Morgan fingerprint density at radius 2 is 1.35 bits per heavy atom. The van der Waals surface area contributed by atoms with E-state index in [1.165, 1.54) is 23.3 Å². The van der Waals surface area contributed by atoms with Crippen LogP contribution in [0, 0.1) is 20.2 Å². The van der Waals surface area contributed by atoms with Crippen molar-refractivity contribution in [3.05, 3.63) is 73.8 Å². The lowest BCUT2D eigenvalue weighted by molar-refractivity contribution is -0.394. The molecule has 7 nitrogen and oxygen atoms in total. The number of non-ortho nitro benzene ring substituents is 2. The molecule has 0 spiro atoms. The predicted molar refractivity (Wildman–Crippen MR) is 83.7 cm³/mol. The van der Waals surface area contributed by atoms with Gasteiger partial charge < -0.3 is 4.90 Å². The molecule has 1 saturated heterocycles. The van der Waals surface area contributed by atoms with Crippen LogP contribution in [-0.4, -0.2) is 21.9 Å². The van der Waals surface area contributed by atoms with Crippen molar-refractivity contribution in [2.45, 2.75) is 24.9 Å². The summed E-state index contributed by atoms with van der Waals surface area (Å²) in [5.74, 6) is 0. The van der Waals surface area contributed by atoms with Crippen LogP contribution in [0.3, 0.4) is 0 Å². The van der Waals surface area contributed by atoms with Crippen molar-refractivity contribution in [3.8, 4) is 0 Å². The van der Waals surface area contributed by atoms with Crippen LogP contribution in [-0.2, 0) is 12.8 Å². The third kappa shape index (κ3) is 2.21. The molecule has 2 aliphatic rings. The Morgan fingerprint density at radius 1 is 0.870 bits per heavy atom. The van der Waals surface area contributed by atoms with Gasteiger partial charge in [0.05, 0.1) is 33.7 Å². The zero-order valence-corrected chi connectivity index (χ0v) is 12.1. The number of nitro benzene ring substituents is 2. The van der Waals surface area contributed by atoms with Crippen molar-refractivity contribution in [1.29, 1.82) is 0 Å². The molecule has 0 bridgehead atoms. The lowest BCUT2D eigenvalue weighted by Gasteiger charge is -2.11. The van der Waals surface area contributed by atoms with E-state index in [-0.39, 0.29) is 23.5 Å². The maximum Gasteiger partial charge on any atom is 0.278 e. The van der Waals surface area contributed by atoms with Crippen LogP contribution < -0.4 is 4.90 Å². The topological polar surface area (TPSA) is 89.3 Å². The number of fused-ring (bicyclic) bond motifs is 2. The second kappa shape index (κ2) is 4.77. The molecule has 2 aromatic carbocycles. The van der Waals surface area contributed by atoms with Gasteiger partial charge in [0.25, 0.3) is 11.4 Å². The molecule has 0 amide bonds. The Bertz CT molecular complexity index is 773. The van der Waals surface area contributed by atoms with Gasteiger partial charge in [-0.05, 0) is 24.0 Å². The molecule has 1 aliphatic heterocycles. The maximum atomic E-state index is 11.0. The van der Waals surface area contributed by atoms with Crippen molar-refractivity contribution >= 4 is 17.1 Å². The lowest BCUT2D eigenvalue weighted by atomic mass is 9.92. The monoisotopic (exact) mass is 311 g/mol. The second-order valence-electron chi connectivity index (χ2n) is 5.94. The van der Waals surface area contributed by atoms with E-state index in [2.05, 4.69) is 17.0 Å². The summed E-state index contributed by atoms with van der Waals surface area (Å²) in [6.07, 6.45) is 1.74. The van der Waals surface area contributed by atoms with Crippen LogP contribution in [0.1, 0.15) is 11.1 Å². The first kappa shape index (κ1) is 13.7. The number of rotatable bonds is 3. The van der Waals surface area contributed by atoms with Crippen molar-refractivity contribution in [3.63, 3.8) is 0 Å². The van der Waals surface area contributed by atoms with E-state index in [9.17, 15) is 20.2 Å². The van der Waals surface area contributed by atoms with Crippen LogP contribution in [0.2, 0.25) is 0 Å². The third-order valence-electron chi connectivity index (χ3n) is 4.65. The molecule has 23 heavy (non-hydrogen) atoms. The maximum absolute atomic E-state index is 11.0. The zero-order valence-electron chi connectivity index (χ0n) is 12.1. The van der Waals surface area contributed by atoms with E-state index in [1.54, 1.807) is 0 Å². The Morgan fingerprint density at radius 3 is 1.78 bits per heavy atom. The average Bonchev–Trinajstić information content (AvgIpc) is 3.24. The number of hydrogen-bond acceptors (Lipinski definition) is 5. The fourth-order valence-corrected chi connectivity index (χ4v) is 3.53. The molecule has 0 N–H and O–H groups in total. The summed E-state index contributed by atoms with van der Waals surface area (Å²) in [5.41, 5.74) is 2.66. The molecular formula is C16H13N3O4. The highest BCUT2D eigenvalue weighted by atomic mass is 16.6. The SMILES string of the molecule is O=[N+]([O-])c1cc(N2C3Cc4ccccc4CC32)cc([N+](=O)[O-])c1. The highest BCUT2D eigenvalue weighted by Crippen LogP contribution is 2.45. The first-order chi connectivity index (χ1) is 11.0. The van der Waals surface area contributed by atoms with Crippen LogP contribution in [0.25, 0.3) is 0 Å². The number of nitro groups is 2. The summed E-state index contributed by atoms with van der Waals surface area (Å²) in [5, 5.41) is 22.1. The second-order valence-corrected chi connectivity index (χ2v) is 5.94. The summed E-state index contributed by atoms with van der Waals surface area (Å²) in [6.45, 7) is 0. The Labute approximate surface area is 131 Å². The summed E-state index contributed by atoms with van der Waals surface area (Å²) in [7, 11) is 0. The van der Waals surface area contributed by atoms with Crippen molar-refractivity contribution in [2.75, 3.05) is 4.90 Å². The Kier molecular flexibility index (Phi) is 2.84. The number of hydrogen-bond donors (Lipinski definition) is 0. The summed E-state index contributed by atoms with van der Waals surface area (Å²) in [4.78, 5) is 22.9. The molecule has 1 heterocycles. The van der Waals surface area contributed by atoms with Crippen molar-refractivity contribution in [1.82, 2.24) is 0 Å². The molecule has 1 aliphatic carbocycles. The van der Waals surface area contributed by atoms with Crippen LogP contribution in [0.4, 0.5) is 17.1 Å². The minimum atomic E-state index is -0.585.